The number of rotatable bonds is 25. The maximum atomic E-state index is 5.43. The predicted octanol–water partition coefficient (Wildman–Crippen LogP) is 36.2. The molecule has 10 heteroatoms. The van der Waals surface area contributed by atoms with Crippen LogP contribution in [-0.2, 0) is 0 Å². The largest absolute Gasteiger partial charge is 0.299 e. The summed E-state index contributed by atoms with van der Waals surface area (Å²) < 4.78 is 9.26. The van der Waals surface area contributed by atoms with Gasteiger partial charge in [-0.1, -0.05) is 389 Å². The van der Waals surface area contributed by atoms with Crippen LogP contribution in [-0.4, -0.2) is 48.2 Å². The lowest BCUT2D eigenvalue weighted by atomic mass is 9.80. The Hall–Kier alpha value is -16.6. The van der Waals surface area contributed by atoms with Crippen LogP contribution >= 0.6 is 0 Å². The molecule has 1 atom stereocenters. The Morgan fingerprint density at radius 2 is 0.455 bits per heavy atom. The van der Waals surface area contributed by atoms with Crippen molar-refractivity contribution in [3.05, 3.63) is 458 Å². The topological polar surface area (TPSA) is 97.1 Å². The minimum absolute atomic E-state index is 0.00154. The summed E-state index contributed by atoms with van der Waals surface area (Å²) in [6.45, 7) is 34.4. The molecule has 0 saturated heterocycles. The number of aromatic nitrogens is 10. The molecule has 0 radical (unpaired) electrons. The number of imidazole rings is 4. The van der Waals surface area contributed by atoms with E-state index >= 15 is 0 Å². The highest BCUT2D eigenvalue weighted by atomic mass is 15.1. The summed E-state index contributed by atoms with van der Waals surface area (Å²) >= 11 is 0. The lowest BCUT2D eigenvalue weighted by molar-refractivity contribution is 0.806. The molecule has 15 aromatic carbocycles. The Labute approximate surface area is 853 Å². The first-order chi connectivity index (χ1) is 70.7. The third-order valence-corrected chi connectivity index (χ3v) is 29.7. The first kappa shape index (κ1) is 93.4. The lowest BCUT2D eigenvalue weighted by Gasteiger charge is -2.28. The fraction of sp³-hybridized carbons (Fsp3) is 0.170. The zero-order valence-corrected chi connectivity index (χ0v) is 85.3. The second-order valence-electron chi connectivity index (χ2n) is 41.1. The first-order valence-corrected chi connectivity index (χ1v) is 51.5. The summed E-state index contributed by atoms with van der Waals surface area (Å²) in [4.78, 5) is 30.8. The molecule has 1 aliphatic heterocycles. The normalized spacial score (nSPS) is 12.5. The molecule has 6 aromatic heterocycles. The third-order valence-electron chi connectivity index (χ3n) is 29.7. The van der Waals surface area contributed by atoms with Crippen LogP contribution in [0, 0.1) is 0 Å². The second kappa shape index (κ2) is 39.4. The molecule has 10 nitrogen and oxygen atoms in total. The second-order valence-corrected chi connectivity index (χ2v) is 41.1. The Kier molecular flexibility index (Phi) is 25.4. The number of para-hydroxylation sites is 4. The van der Waals surface area contributed by atoms with E-state index in [1.165, 1.54) is 78.4 Å². The smallest absolute Gasteiger partial charge is 0.144 e. The summed E-state index contributed by atoms with van der Waals surface area (Å²) in [5, 5.41) is 0. The Bertz CT molecular complexity index is 8110. The Balaban J connectivity index is 0.753. The van der Waals surface area contributed by atoms with Crippen LogP contribution in [0.4, 0.5) is 0 Å². The standard InChI is InChI=1S/C135H120N10/c1-83(2)105-39-26-40-106(84(3)4)128(105)142-71-67-137-132(142)94-56-50-91(51-57-94)113-31-16-19-34-116(113)99-75-100(117-35-20-17-32-114(117)92-52-58-95(59-53-92)133-138-68-72-143(133)129-107(85(5)6)41-27-42-108(129)86(7)8)78-103(77-99)120-47-30-48-121(127(120)98-63-65-126(141-82-98)125-49-24-25-66-136-125)104-79-101(118-36-21-18-33-115(118)93-54-60-96(61-55-93)134-139-69-73-144(134)130-109(87(9)10)43-28-44-110(130)88(11)12)76-102(80-104)119-37-22-23-38-122(119)123-64-62-97-81-124(123)90(15)112-46-29-45-111(89(13)14)131(112)145-74-70-140-135(97)145/h16-90H,1-15H3. The highest BCUT2D eigenvalue weighted by Gasteiger charge is 2.31. The van der Waals surface area contributed by atoms with Gasteiger partial charge in [0.15, 0.2) is 0 Å². The quantitative estimate of drug-likeness (QED) is 0.0565. The fourth-order valence-corrected chi connectivity index (χ4v) is 22.4. The molecule has 22 rings (SSSR count). The van der Waals surface area contributed by atoms with E-state index in [0.29, 0.717) is 35.5 Å². The number of benzene rings is 15. The van der Waals surface area contributed by atoms with Gasteiger partial charge in [-0.05, 0) is 269 Å². The van der Waals surface area contributed by atoms with Gasteiger partial charge in [-0.3, -0.25) is 28.2 Å². The zero-order chi connectivity index (χ0) is 99.5. The van der Waals surface area contributed by atoms with Crippen molar-refractivity contribution >= 4 is 0 Å². The number of hydrogen-bond acceptors (Lipinski definition) is 6. The maximum absolute atomic E-state index is 5.43. The number of pyridine rings is 2. The van der Waals surface area contributed by atoms with Crippen LogP contribution in [0.25, 0.3) is 202 Å². The molecule has 0 aliphatic carbocycles. The fourth-order valence-electron chi connectivity index (χ4n) is 22.4. The van der Waals surface area contributed by atoms with Crippen molar-refractivity contribution in [2.24, 2.45) is 0 Å². The molecular weight excluding hydrogens is 1760 g/mol. The van der Waals surface area contributed by atoms with Gasteiger partial charge in [0.1, 0.15) is 23.3 Å². The molecule has 0 N–H and O–H groups in total. The summed E-state index contributed by atoms with van der Waals surface area (Å²) in [7, 11) is 0. The average molecular weight is 1880 g/mol. The van der Waals surface area contributed by atoms with Crippen molar-refractivity contribution in [3.8, 4) is 202 Å². The van der Waals surface area contributed by atoms with Crippen LogP contribution < -0.4 is 0 Å². The highest BCUT2D eigenvalue weighted by molar-refractivity contribution is 6.02. The lowest BCUT2D eigenvalue weighted by Crippen LogP contribution is -2.12. The van der Waals surface area contributed by atoms with Crippen LogP contribution in [0.2, 0.25) is 0 Å². The summed E-state index contributed by atoms with van der Waals surface area (Å²) in [6.07, 6.45) is 20.2. The van der Waals surface area contributed by atoms with E-state index in [-0.39, 0.29) is 11.8 Å². The Morgan fingerprint density at radius 3 is 0.793 bits per heavy atom. The summed E-state index contributed by atoms with van der Waals surface area (Å²) in [6, 6.07) is 129. The van der Waals surface area contributed by atoms with Gasteiger partial charge < -0.3 is 0 Å². The zero-order valence-electron chi connectivity index (χ0n) is 85.3. The summed E-state index contributed by atoms with van der Waals surface area (Å²) in [5.41, 5.74) is 45.8. The van der Waals surface area contributed by atoms with E-state index in [0.717, 1.165) is 174 Å². The van der Waals surface area contributed by atoms with E-state index in [9.17, 15) is 0 Å². The third kappa shape index (κ3) is 17.5. The van der Waals surface area contributed by atoms with Crippen molar-refractivity contribution in [3.63, 3.8) is 0 Å². The molecular formula is C135H120N10. The van der Waals surface area contributed by atoms with Crippen molar-refractivity contribution in [1.82, 2.24) is 48.2 Å². The molecule has 0 fully saturated rings. The van der Waals surface area contributed by atoms with Crippen LogP contribution in [0.5, 0.6) is 0 Å². The molecule has 1 aliphatic rings. The SMILES string of the molecule is CC(C)c1cccc(C(C)C)c1-n1ccnc1-c1ccc(-c2ccccc2-c2cc(-c3ccccc3-c3ccc(-c4nccn4-c4c(C(C)C)cccc4C(C)C)cc3)cc(-c3cccc(-c4cc(-c5ccccc5-c5ccc(-c6nccn6-c6c(C(C)C)cccc6C(C)C)cc5)cc(-c5ccccc5-c5ccc6cc5C(C)c5cccc(C(C)C)c5-n5ccnc5-6)c4)c3-c3ccc(-c4ccccn4)nc3)c2)cc1. The molecule has 0 amide bonds. The van der Waals surface area contributed by atoms with Crippen LogP contribution in [0.15, 0.2) is 408 Å². The number of nitrogens with zero attached hydrogens (tertiary/aromatic N) is 10. The van der Waals surface area contributed by atoms with E-state index in [4.69, 9.17) is 29.9 Å². The molecule has 0 saturated carbocycles. The first-order valence-electron chi connectivity index (χ1n) is 51.5. The van der Waals surface area contributed by atoms with Crippen molar-refractivity contribution in [1.29, 1.82) is 0 Å². The van der Waals surface area contributed by atoms with Gasteiger partial charge in [-0.15, -0.1) is 0 Å². The van der Waals surface area contributed by atoms with Crippen LogP contribution in [0.1, 0.15) is 201 Å². The minimum atomic E-state index is 0.00154. The van der Waals surface area contributed by atoms with E-state index in [1.807, 2.05) is 49.2 Å². The number of hydrogen-bond donors (Lipinski definition) is 0. The van der Waals surface area contributed by atoms with E-state index in [1.54, 1.807) is 0 Å². The van der Waals surface area contributed by atoms with Gasteiger partial charge in [0.05, 0.1) is 34.1 Å². The van der Waals surface area contributed by atoms with Crippen LogP contribution in [0.3, 0.4) is 0 Å². The molecule has 145 heavy (non-hydrogen) atoms. The molecule has 1 unspecified atom stereocenters. The van der Waals surface area contributed by atoms with Gasteiger partial charge in [0.25, 0.3) is 0 Å². The Morgan fingerprint density at radius 1 is 0.186 bits per heavy atom. The average Bonchev–Trinajstić information content (AvgIpc) is 1.72. The highest BCUT2D eigenvalue weighted by Crippen LogP contribution is 2.52. The summed E-state index contributed by atoms with van der Waals surface area (Å²) in [5.74, 6) is 5.75. The van der Waals surface area contributed by atoms with Gasteiger partial charge >= 0.3 is 0 Å². The van der Waals surface area contributed by atoms with Gasteiger partial charge in [-0.2, -0.15) is 0 Å². The molecule has 21 aromatic rings. The van der Waals surface area contributed by atoms with E-state index in [2.05, 4.69) is 481 Å². The van der Waals surface area contributed by atoms with Gasteiger partial charge in [0.2, 0.25) is 0 Å². The van der Waals surface area contributed by atoms with Crippen molar-refractivity contribution in [2.75, 3.05) is 0 Å². The number of fused-ring (bicyclic) bond motifs is 6. The van der Waals surface area contributed by atoms with Gasteiger partial charge in [0, 0.05) is 95.7 Å². The predicted molar refractivity (Wildman–Crippen MR) is 604 cm³/mol. The molecule has 710 valence electrons. The van der Waals surface area contributed by atoms with E-state index < -0.39 is 0 Å². The van der Waals surface area contributed by atoms with Gasteiger partial charge in [-0.25, -0.2) is 19.9 Å². The van der Waals surface area contributed by atoms with Crippen molar-refractivity contribution < 1.29 is 0 Å². The maximum Gasteiger partial charge on any atom is 0.144 e. The van der Waals surface area contributed by atoms with Crippen molar-refractivity contribution in [2.45, 2.75) is 151 Å². The monoisotopic (exact) mass is 1880 g/mol. The molecule has 7 heterocycles. The minimum Gasteiger partial charge on any atom is -0.299 e. The molecule has 2 bridgehead atoms. The molecule has 0 spiro atoms.